The van der Waals surface area contributed by atoms with Crippen molar-refractivity contribution in [1.82, 2.24) is 16.0 Å². The van der Waals surface area contributed by atoms with E-state index in [9.17, 15) is 14.4 Å². The molecule has 1 aliphatic heterocycles. The molecule has 7 heteroatoms. The monoisotopic (exact) mass is 291 g/mol. The molecule has 2 amide bonds. The van der Waals surface area contributed by atoms with E-state index in [0.29, 0.717) is 13.0 Å². The van der Waals surface area contributed by atoms with E-state index in [2.05, 4.69) is 16.0 Å². The molecule has 2 rings (SSSR count). The Morgan fingerprint density at radius 2 is 1.95 bits per heavy atom. The maximum Gasteiger partial charge on any atom is 0.322 e. The summed E-state index contributed by atoms with van der Waals surface area (Å²) in [6.45, 7) is 0.127. The van der Waals surface area contributed by atoms with Crippen LogP contribution in [0.3, 0.4) is 0 Å². The molecule has 4 N–H and O–H groups in total. The van der Waals surface area contributed by atoms with Gasteiger partial charge in [0.05, 0.1) is 6.04 Å². The zero-order valence-electron chi connectivity index (χ0n) is 11.3. The minimum atomic E-state index is -1.13. The Hall–Kier alpha value is -2.41. The fourth-order valence-corrected chi connectivity index (χ4v) is 1.86. The van der Waals surface area contributed by atoms with E-state index in [0.717, 1.165) is 5.56 Å². The summed E-state index contributed by atoms with van der Waals surface area (Å²) in [5.41, 5.74) is 0.886. The van der Waals surface area contributed by atoms with Gasteiger partial charge in [0.1, 0.15) is 12.6 Å². The van der Waals surface area contributed by atoms with Gasteiger partial charge in [-0.1, -0.05) is 30.3 Å². The molecule has 0 unspecified atom stereocenters. The molecule has 7 nitrogen and oxygen atoms in total. The summed E-state index contributed by atoms with van der Waals surface area (Å²) in [6, 6.07) is 8.18. The van der Waals surface area contributed by atoms with Crippen molar-refractivity contribution < 1.29 is 19.5 Å². The summed E-state index contributed by atoms with van der Waals surface area (Å²) in [7, 11) is 0. The molecular formula is C14H17N3O4. The van der Waals surface area contributed by atoms with Crippen molar-refractivity contribution in [3.8, 4) is 0 Å². The topological polar surface area (TPSA) is 117 Å². The quantitative estimate of drug-likeness (QED) is 0.475. The van der Waals surface area contributed by atoms with Crippen LogP contribution in [-0.2, 0) is 20.8 Å². The van der Waals surface area contributed by atoms with Gasteiger partial charge >= 0.3 is 5.97 Å². The van der Waals surface area contributed by atoms with E-state index in [-0.39, 0.29) is 11.9 Å². The number of carboxylic acids is 1. The smallest absolute Gasteiger partial charge is 0.322 e. The Morgan fingerprint density at radius 1 is 1.29 bits per heavy atom. The van der Waals surface area contributed by atoms with Gasteiger partial charge in [-0.3, -0.25) is 14.4 Å². The van der Waals surface area contributed by atoms with Crippen molar-refractivity contribution >= 4 is 17.8 Å². The normalized spacial score (nSPS) is 17.6. The molecule has 1 aromatic rings. The molecule has 0 saturated carbocycles. The van der Waals surface area contributed by atoms with E-state index >= 15 is 0 Å². The Kier molecular flexibility index (Phi) is 4.89. The average molecular weight is 291 g/mol. The molecule has 0 radical (unpaired) electrons. The summed E-state index contributed by atoms with van der Waals surface area (Å²) in [5, 5.41) is 16.4. The average Bonchev–Trinajstić information content (AvgIpc) is 3.29. The number of hydrogen-bond acceptors (Lipinski definition) is 4. The van der Waals surface area contributed by atoms with Crippen LogP contribution in [-0.4, -0.2) is 48.1 Å². The molecule has 0 aliphatic carbocycles. The molecule has 1 saturated heterocycles. The van der Waals surface area contributed by atoms with Crippen LogP contribution in [0.4, 0.5) is 0 Å². The third-order valence-electron chi connectivity index (χ3n) is 3.05. The summed E-state index contributed by atoms with van der Waals surface area (Å²) in [6.07, 6.45) is 0.310. The van der Waals surface area contributed by atoms with E-state index < -0.39 is 24.5 Å². The summed E-state index contributed by atoms with van der Waals surface area (Å²) in [5.74, 6) is -1.88. The van der Waals surface area contributed by atoms with Crippen LogP contribution < -0.4 is 16.0 Å². The molecule has 1 heterocycles. The lowest BCUT2D eigenvalue weighted by Crippen LogP contribution is -2.50. The zero-order valence-corrected chi connectivity index (χ0v) is 11.3. The van der Waals surface area contributed by atoms with Gasteiger partial charge < -0.3 is 21.1 Å². The maximum atomic E-state index is 12.0. The van der Waals surface area contributed by atoms with Crippen LogP contribution in [0.2, 0.25) is 0 Å². The highest BCUT2D eigenvalue weighted by Gasteiger charge is 2.32. The van der Waals surface area contributed by atoms with Gasteiger partial charge in [-0.05, 0) is 5.56 Å². The number of carboxylic acid groups (broad SMARTS) is 1. The first-order valence-electron chi connectivity index (χ1n) is 6.63. The molecule has 0 aromatic heterocycles. The molecule has 21 heavy (non-hydrogen) atoms. The lowest BCUT2D eigenvalue weighted by molar-refractivity contribution is -0.138. The Balaban J connectivity index is 1.99. The molecule has 2 atom stereocenters. The third kappa shape index (κ3) is 4.88. The van der Waals surface area contributed by atoms with Gasteiger partial charge in [0, 0.05) is 13.0 Å². The standard InChI is InChI=1S/C14H17N3O4/c18-12(19)8-16-13(20)10(17-14(21)11-7-15-11)6-9-4-2-1-3-5-9/h1-5,10-11,15H,6-8H2,(H,16,20)(H,17,21)(H,18,19)/t10-,11-/m0/s1. The van der Waals surface area contributed by atoms with Gasteiger partial charge in [-0.15, -0.1) is 0 Å². The summed E-state index contributed by atoms with van der Waals surface area (Å²) < 4.78 is 0. The molecule has 112 valence electrons. The second-order valence-electron chi connectivity index (χ2n) is 4.82. The second-order valence-corrected chi connectivity index (χ2v) is 4.82. The third-order valence-corrected chi connectivity index (χ3v) is 3.05. The number of nitrogens with one attached hydrogen (secondary N) is 3. The van der Waals surface area contributed by atoms with Crippen molar-refractivity contribution in [2.75, 3.05) is 13.1 Å². The fourth-order valence-electron chi connectivity index (χ4n) is 1.86. The first-order valence-corrected chi connectivity index (χ1v) is 6.63. The molecule has 1 aromatic carbocycles. The highest BCUT2D eigenvalue weighted by molar-refractivity contribution is 5.92. The van der Waals surface area contributed by atoms with E-state index in [1.165, 1.54) is 0 Å². The van der Waals surface area contributed by atoms with E-state index in [1.807, 2.05) is 30.3 Å². The van der Waals surface area contributed by atoms with Gasteiger partial charge in [0.2, 0.25) is 11.8 Å². The van der Waals surface area contributed by atoms with Gasteiger partial charge in [0.15, 0.2) is 0 Å². The van der Waals surface area contributed by atoms with Crippen molar-refractivity contribution in [3.05, 3.63) is 35.9 Å². The summed E-state index contributed by atoms with van der Waals surface area (Å²) in [4.78, 5) is 34.3. The Bertz CT molecular complexity index is 528. The predicted octanol–water partition coefficient (Wildman–Crippen LogP) is -1.11. The number of hydrogen-bond donors (Lipinski definition) is 4. The number of amides is 2. The fraction of sp³-hybridized carbons (Fsp3) is 0.357. The maximum absolute atomic E-state index is 12.0. The van der Waals surface area contributed by atoms with Crippen LogP contribution in [0.1, 0.15) is 5.56 Å². The minimum absolute atomic E-state index is 0.249. The lowest BCUT2D eigenvalue weighted by atomic mass is 10.1. The molecule has 0 spiro atoms. The molecule has 0 bridgehead atoms. The first-order chi connectivity index (χ1) is 10.1. The van der Waals surface area contributed by atoms with Crippen LogP contribution in [0.15, 0.2) is 30.3 Å². The SMILES string of the molecule is O=C(O)CNC(=O)[C@H](Cc1ccccc1)NC(=O)[C@@H]1CN1. The van der Waals surface area contributed by atoms with Crippen LogP contribution in [0.5, 0.6) is 0 Å². The molecule has 1 aliphatic rings. The molecular weight excluding hydrogens is 274 g/mol. The number of carbonyl (C=O) groups excluding carboxylic acids is 2. The summed E-state index contributed by atoms with van der Waals surface area (Å²) >= 11 is 0. The van der Waals surface area contributed by atoms with E-state index in [4.69, 9.17) is 5.11 Å². The number of benzene rings is 1. The molecule has 1 fully saturated rings. The predicted molar refractivity (Wildman–Crippen MR) is 74.5 cm³/mol. The Labute approximate surface area is 121 Å². The van der Waals surface area contributed by atoms with Gasteiger partial charge in [0.25, 0.3) is 0 Å². The van der Waals surface area contributed by atoms with Gasteiger partial charge in [-0.2, -0.15) is 0 Å². The highest BCUT2D eigenvalue weighted by Crippen LogP contribution is 2.05. The van der Waals surface area contributed by atoms with Crippen LogP contribution in [0, 0.1) is 0 Å². The van der Waals surface area contributed by atoms with Gasteiger partial charge in [-0.25, -0.2) is 0 Å². The highest BCUT2D eigenvalue weighted by atomic mass is 16.4. The second kappa shape index (κ2) is 6.85. The Morgan fingerprint density at radius 3 is 2.52 bits per heavy atom. The van der Waals surface area contributed by atoms with Crippen molar-refractivity contribution in [3.63, 3.8) is 0 Å². The minimum Gasteiger partial charge on any atom is -0.480 e. The van der Waals surface area contributed by atoms with Crippen molar-refractivity contribution in [1.29, 1.82) is 0 Å². The van der Waals surface area contributed by atoms with Crippen LogP contribution in [0.25, 0.3) is 0 Å². The van der Waals surface area contributed by atoms with Crippen molar-refractivity contribution in [2.45, 2.75) is 18.5 Å². The van der Waals surface area contributed by atoms with E-state index in [1.54, 1.807) is 0 Å². The largest absolute Gasteiger partial charge is 0.480 e. The number of carbonyl (C=O) groups is 3. The number of rotatable bonds is 7. The first kappa shape index (κ1) is 15.0. The lowest BCUT2D eigenvalue weighted by Gasteiger charge is -2.18. The zero-order chi connectivity index (χ0) is 15.2. The number of aliphatic carboxylic acids is 1. The van der Waals surface area contributed by atoms with Crippen molar-refractivity contribution in [2.24, 2.45) is 0 Å². The van der Waals surface area contributed by atoms with Crippen LogP contribution >= 0.6 is 0 Å².